The molecule has 1 saturated heterocycles. The lowest BCUT2D eigenvalue weighted by atomic mass is 10.2. The largest absolute Gasteiger partial charge is 0.358 e. The second-order valence-corrected chi connectivity index (χ2v) is 6.25. The van der Waals surface area contributed by atoms with Gasteiger partial charge >= 0.3 is 0 Å². The van der Waals surface area contributed by atoms with Gasteiger partial charge in [0.15, 0.2) is 0 Å². The minimum atomic E-state index is 0.291. The average molecular weight is 297 g/mol. The maximum atomic E-state index is 6.12. The maximum absolute atomic E-state index is 6.12. The second kappa shape index (κ2) is 6.72. The van der Waals surface area contributed by atoms with E-state index in [9.17, 15) is 0 Å². The molecule has 0 radical (unpaired) electrons. The summed E-state index contributed by atoms with van der Waals surface area (Å²) < 4.78 is 0. The molecule has 0 bridgehead atoms. The molecule has 112 valence electrons. The first-order valence-corrected chi connectivity index (χ1v) is 7.88. The summed E-state index contributed by atoms with van der Waals surface area (Å²) in [7, 11) is 2.09. The summed E-state index contributed by atoms with van der Waals surface area (Å²) in [6.45, 7) is 9.75. The molecule has 0 N–H and O–H groups in total. The molecular formula is C15H25ClN4. The predicted octanol–water partition coefficient (Wildman–Crippen LogP) is 3.17. The van der Waals surface area contributed by atoms with E-state index in [1.165, 1.54) is 19.4 Å². The molecule has 1 aromatic rings. The number of rotatable bonds is 5. The van der Waals surface area contributed by atoms with Gasteiger partial charge in [-0.15, -0.1) is 0 Å². The van der Waals surface area contributed by atoms with Crippen molar-refractivity contribution in [1.29, 1.82) is 0 Å². The van der Waals surface area contributed by atoms with Gasteiger partial charge in [0, 0.05) is 31.6 Å². The van der Waals surface area contributed by atoms with Crippen molar-refractivity contribution < 1.29 is 0 Å². The lowest BCUT2D eigenvalue weighted by Gasteiger charge is -2.28. The molecule has 2 heterocycles. The van der Waals surface area contributed by atoms with Crippen LogP contribution in [0.2, 0.25) is 5.15 Å². The Hall–Kier alpha value is -0.870. The number of hydrogen-bond donors (Lipinski definition) is 0. The molecular weight excluding hydrogens is 272 g/mol. The Kier molecular flexibility index (Phi) is 5.22. The van der Waals surface area contributed by atoms with Crippen molar-refractivity contribution in [1.82, 2.24) is 14.9 Å². The molecule has 1 fully saturated rings. The fraction of sp³-hybridized carbons (Fsp3) is 0.733. The number of likely N-dealkylation sites (N-methyl/N-ethyl adjacent to an activating group) is 2. The molecule has 0 amide bonds. The van der Waals surface area contributed by atoms with Crippen molar-refractivity contribution in [3.63, 3.8) is 0 Å². The van der Waals surface area contributed by atoms with Gasteiger partial charge in [-0.05, 0) is 25.9 Å². The van der Waals surface area contributed by atoms with Crippen molar-refractivity contribution in [2.75, 3.05) is 31.6 Å². The first kappa shape index (κ1) is 15.5. The van der Waals surface area contributed by atoms with Gasteiger partial charge in [0.2, 0.25) is 0 Å². The zero-order valence-corrected chi connectivity index (χ0v) is 13.7. The SMILES string of the molecule is CCN1CCCC1CN(C)c1cc(Cl)nc(C(C)C)n1. The molecule has 0 aromatic carbocycles. The van der Waals surface area contributed by atoms with E-state index in [0.29, 0.717) is 17.1 Å². The molecule has 0 aliphatic carbocycles. The first-order chi connectivity index (χ1) is 9.51. The van der Waals surface area contributed by atoms with Crippen molar-refractivity contribution in [3.05, 3.63) is 17.0 Å². The summed E-state index contributed by atoms with van der Waals surface area (Å²) in [5.41, 5.74) is 0. The Morgan fingerprint density at radius 2 is 2.20 bits per heavy atom. The number of aromatic nitrogens is 2. The third-order valence-corrected chi connectivity index (χ3v) is 4.19. The summed E-state index contributed by atoms with van der Waals surface area (Å²) in [6, 6.07) is 2.49. The van der Waals surface area contributed by atoms with Crippen LogP contribution in [0.1, 0.15) is 45.4 Å². The first-order valence-electron chi connectivity index (χ1n) is 7.51. The normalized spacial score (nSPS) is 19.8. The van der Waals surface area contributed by atoms with Gasteiger partial charge in [0.05, 0.1) is 0 Å². The molecule has 4 nitrogen and oxygen atoms in total. The van der Waals surface area contributed by atoms with Gasteiger partial charge in [-0.3, -0.25) is 4.90 Å². The van der Waals surface area contributed by atoms with Crippen molar-refractivity contribution >= 4 is 17.4 Å². The van der Waals surface area contributed by atoms with Crippen LogP contribution < -0.4 is 4.90 Å². The fourth-order valence-electron chi connectivity index (χ4n) is 2.80. The van der Waals surface area contributed by atoms with Gasteiger partial charge in [0.25, 0.3) is 0 Å². The third-order valence-electron chi connectivity index (χ3n) is 4.00. The van der Waals surface area contributed by atoms with Crippen molar-refractivity contribution in [2.45, 2.75) is 45.6 Å². The molecule has 1 aliphatic rings. The molecule has 20 heavy (non-hydrogen) atoms. The molecule has 1 atom stereocenters. The smallest absolute Gasteiger partial charge is 0.135 e. The maximum Gasteiger partial charge on any atom is 0.135 e. The van der Waals surface area contributed by atoms with Crippen molar-refractivity contribution in [2.24, 2.45) is 0 Å². The van der Waals surface area contributed by atoms with E-state index in [1.807, 2.05) is 6.07 Å². The Labute approximate surface area is 127 Å². The highest BCUT2D eigenvalue weighted by Gasteiger charge is 2.24. The van der Waals surface area contributed by atoms with Crippen LogP contribution in [0.15, 0.2) is 6.07 Å². The van der Waals surface area contributed by atoms with E-state index >= 15 is 0 Å². The molecule has 1 unspecified atom stereocenters. The molecule has 2 rings (SSSR count). The molecule has 0 saturated carbocycles. The van der Waals surface area contributed by atoms with E-state index in [-0.39, 0.29) is 0 Å². The number of anilines is 1. The van der Waals surface area contributed by atoms with E-state index in [2.05, 4.69) is 47.6 Å². The van der Waals surface area contributed by atoms with Crippen LogP contribution in [0.5, 0.6) is 0 Å². The van der Waals surface area contributed by atoms with Crippen LogP contribution >= 0.6 is 11.6 Å². The van der Waals surface area contributed by atoms with Gasteiger partial charge in [0.1, 0.15) is 16.8 Å². The van der Waals surface area contributed by atoms with Crippen LogP contribution in [-0.2, 0) is 0 Å². The van der Waals surface area contributed by atoms with Gasteiger partial charge in [-0.25, -0.2) is 9.97 Å². The fourth-order valence-corrected chi connectivity index (χ4v) is 2.99. The summed E-state index contributed by atoms with van der Waals surface area (Å²) in [4.78, 5) is 13.7. The van der Waals surface area contributed by atoms with E-state index in [1.54, 1.807) is 0 Å². The van der Waals surface area contributed by atoms with Crippen LogP contribution in [-0.4, -0.2) is 47.6 Å². The Balaban J connectivity index is 2.10. The van der Waals surface area contributed by atoms with Gasteiger partial charge in [-0.1, -0.05) is 32.4 Å². The standard InChI is InChI=1S/C15H25ClN4/c1-5-20-8-6-7-12(20)10-19(4)14-9-13(16)17-15(18-14)11(2)3/h9,11-12H,5-8,10H2,1-4H3. The quantitative estimate of drug-likeness (QED) is 0.781. The van der Waals surface area contributed by atoms with E-state index in [4.69, 9.17) is 11.6 Å². The van der Waals surface area contributed by atoms with E-state index in [0.717, 1.165) is 24.7 Å². The third kappa shape index (κ3) is 3.61. The molecule has 1 aromatic heterocycles. The monoisotopic (exact) mass is 296 g/mol. The topological polar surface area (TPSA) is 32.3 Å². The average Bonchev–Trinajstić information content (AvgIpc) is 2.85. The zero-order chi connectivity index (χ0) is 14.7. The van der Waals surface area contributed by atoms with Gasteiger partial charge < -0.3 is 4.90 Å². The van der Waals surface area contributed by atoms with Crippen LogP contribution in [0, 0.1) is 0 Å². The minimum Gasteiger partial charge on any atom is -0.358 e. The highest BCUT2D eigenvalue weighted by atomic mass is 35.5. The Morgan fingerprint density at radius 1 is 1.45 bits per heavy atom. The molecule has 1 aliphatic heterocycles. The van der Waals surface area contributed by atoms with Crippen LogP contribution in [0.3, 0.4) is 0 Å². The van der Waals surface area contributed by atoms with E-state index < -0.39 is 0 Å². The second-order valence-electron chi connectivity index (χ2n) is 5.87. The summed E-state index contributed by atoms with van der Waals surface area (Å²) >= 11 is 6.12. The van der Waals surface area contributed by atoms with Gasteiger partial charge in [-0.2, -0.15) is 0 Å². The van der Waals surface area contributed by atoms with Crippen LogP contribution in [0.4, 0.5) is 5.82 Å². The predicted molar refractivity (Wildman–Crippen MR) is 84.7 cm³/mol. The summed E-state index contributed by atoms with van der Waals surface area (Å²) in [5.74, 6) is 2.04. The molecule has 0 spiro atoms. The van der Waals surface area contributed by atoms with Crippen molar-refractivity contribution in [3.8, 4) is 0 Å². The Morgan fingerprint density at radius 3 is 2.85 bits per heavy atom. The molecule has 5 heteroatoms. The Bertz CT molecular complexity index is 449. The summed E-state index contributed by atoms with van der Waals surface area (Å²) in [5, 5.41) is 0.532. The highest BCUT2D eigenvalue weighted by Crippen LogP contribution is 2.22. The zero-order valence-electron chi connectivity index (χ0n) is 12.9. The lowest BCUT2D eigenvalue weighted by Crippen LogP contribution is -2.39. The summed E-state index contributed by atoms with van der Waals surface area (Å²) in [6.07, 6.45) is 2.57. The number of halogens is 1. The van der Waals surface area contributed by atoms with Crippen LogP contribution in [0.25, 0.3) is 0 Å². The highest BCUT2D eigenvalue weighted by molar-refractivity contribution is 6.29. The number of nitrogens with zero attached hydrogens (tertiary/aromatic N) is 4. The number of hydrogen-bond acceptors (Lipinski definition) is 4. The lowest BCUT2D eigenvalue weighted by molar-refractivity contribution is 0.270. The number of likely N-dealkylation sites (tertiary alicyclic amines) is 1. The minimum absolute atomic E-state index is 0.291.